The van der Waals surface area contributed by atoms with Gasteiger partial charge in [-0.05, 0) is 12.1 Å². The Bertz CT molecular complexity index is 1260. The second-order valence-electron chi connectivity index (χ2n) is 6.91. The average molecular weight is 408 g/mol. The van der Waals surface area contributed by atoms with E-state index < -0.39 is 10.8 Å². The van der Waals surface area contributed by atoms with Crippen molar-refractivity contribution in [3.63, 3.8) is 0 Å². The highest BCUT2D eigenvalue weighted by atomic mass is 16.6. The predicted molar refractivity (Wildman–Crippen MR) is 106 cm³/mol. The number of fused-ring (bicyclic) bond motifs is 1. The third-order valence-electron chi connectivity index (χ3n) is 5.26. The highest BCUT2D eigenvalue weighted by molar-refractivity contribution is 5.95. The van der Waals surface area contributed by atoms with Gasteiger partial charge in [0, 0.05) is 38.6 Å². The van der Waals surface area contributed by atoms with Crippen molar-refractivity contribution in [2.45, 2.75) is 0 Å². The second kappa shape index (κ2) is 7.36. The van der Waals surface area contributed by atoms with Crippen molar-refractivity contribution < 1.29 is 19.3 Å². The van der Waals surface area contributed by atoms with Crippen LogP contribution in [-0.2, 0) is 7.05 Å². The summed E-state index contributed by atoms with van der Waals surface area (Å²) in [6, 6.07) is 12.0. The number of rotatable bonds is 3. The van der Waals surface area contributed by atoms with Gasteiger partial charge in [0.2, 0.25) is 0 Å². The molecule has 0 radical (unpaired) electrons. The highest BCUT2D eigenvalue weighted by Crippen LogP contribution is 2.29. The zero-order chi connectivity index (χ0) is 21.4. The van der Waals surface area contributed by atoms with Gasteiger partial charge in [0.1, 0.15) is 11.6 Å². The van der Waals surface area contributed by atoms with Crippen LogP contribution < -0.4 is 10.5 Å². The number of nitrogens with zero attached hydrogens (tertiary/aromatic N) is 5. The second-order valence-corrected chi connectivity index (χ2v) is 6.91. The van der Waals surface area contributed by atoms with Gasteiger partial charge < -0.3 is 18.8 Å². The summed E-state index contributed by atoms with van der Waals surface area (Å²) in [6.45, 7) is 1.50. The van der Waals surface area contributed by atoms with Crippen LogP contribution in [0.2, 0.25) is 0 Å². The third-order valence-corrected chi connectivity index (χ3v) is 5.26. The summed E-state index contributed by atoms with van der Waals surface area (Å²) in [5.74, 6) is -0.829. The van der Waals surface area contributed by atoms with Gasteiger partial charge in [-0.3, -0.25) is 9.59 Å². The lowest BCUT2D eigenvalue weighted by Gasteiger charge is -2.36. The first kappa shape index (κ1) is 19.2. The molecule has 10 heteroatoms. The molecule has 1 fully saturated rings. The first-order chi connectivity index (χ1) is 14.4. The Morgan fingerprint density at radius 2 is 1.87 bits per heavy atom. The summed E-state index contributed by atoms with van der Waals surface area (Å²) >= 11 is 0. The van der Waals surface area contributed by atoms with Crippen LogP contribution in [0.25, 0.3) is 10.9 Å². The summed E-state index contributed by atoms with van der Waals surface area (Å²) in [4.78, 5) is 39.2. The molecule has 3 aromatic rings. The van der Waals surface area contributed by atoms with Crippen molar-refractivity contribution >= 4 is 28.4 Å². The van der Waals surface area contributed by atoms with Crippen molar-refractivity contribution in [3.05, 3.63) is 63.0 Å². The van der Waals surface area contributed by atoms with E-state index in [1.807, 2.05) is 35.2 Å². The number of carbonyl (C=O) groups excluding carboxylic acids is 1. The number of aryl methyl sites for hydroxylation is 1. The number of amides is 1. The van der Waals surface area contributed by atoms with E-state index in [-0.39, 0.29) is 22.8 Å². The Morgan fingerprint density at radius 1 is 1.17 bits per heavy atom. The van der Waals surface area contributed by atoms with Gasteiger partial charge in [0.15, 0.2) is 5.76 Å². The van der Waals surface area contributed by atoms with Crippen molar-refractivity contribution in [1.82, 2.24) is 9.47 Å². The molecule has 4 rings (SSSR count). The van der Waals surface area contributed by atoms with E-state index in [2.05, 4.69) is 0 Å². The molecule has 30 heavy (non-hydrogen) atoms. The minimum Gasteiger partial charge on any atom is -0.393 e. The van der Waals surface area contributed by atoms with Gasteiger partial charge >= 0.3 is 5.88 Å². The maximum absolute atomic E-state index is 12.7. The molecule has 1 amide bonds. The van der Waals surface area contributed by atoms with E-state index in [0.717, 1.165) is 10.9 Å². The minimum absolute atomic E-state index is 0.0508. The normalized spacial score (nSPS) is 14.0. The molecule has 1 aliphatic rings. The maximum Gasteiger partial charge on any atom is 0.480 e. The van der Waals surface area contributed by atoms with Crippen molar-refractivity contribution in [2.75, 3.05) is 31.1 Å². The van der Waals surface area contributed by atoms with E-state index in [9.17, 15) is 19.8 Å². The van der Waals surface area contributed by atoms with E-state index >= 15 is 0 Å². The summed E-state index contributed by atoms with van der Waals surface area (Å²) in [5, 5.41) is 19.3. The Balaban J connectivity index is 1.62. The quantitative estimate of drug-likeness (QED) is 0.655. The van der Waals surface area contributed by atoms with Gasteiger partial charge in [-0.15, -0.1) is 0 Å². The predicted octanol–water partition coefficient (Wildman–Crippen LogP) is 1.77. The lowest BCUT2D eigenvalue weighted by molar-refractivity contribution is -0.737. The van der Waals surface area contributed by atoms with Crippen LogP contribution in [0.4, 0.5) is 11.6 Å². The number of para-hydroxylation sites is 1. The summed E-state index contributed by atoms with van der Waals surface area (Å²) in [7, 11) is 1.64. The fourth-order valence-corrected chi connectivity index (χ4v) is 3.74. The molecule has 1 aromatic carbocycles. The number of anilines is 1. The molecule has 0 atom stereocenters. The standard InChI is InChI=1S/C20H18N5O5/c1-22-15-5-3-2-4-13(15)18(14(12-21)19(22)26)23-8-10-24(11-9-23)20(27)16-6-7-17(30-16)25(28)29/h2-7H,8-11H2,1H3,(H,28,29)/q+1. The smallest absolute Gasteiger partial charge is 0.393 e. The van der Waals surface area contributed by atoms with Crippen LogP contribution in [0.15, 0.2) is 45.6 Å². The first-order valence-corrected chi connectivity index (χ1v) is 9.24. The average Bonchev–Trinajstić information content (AvgIpc) is 3.26. The van der Waals surface area contributed by atoms with E-state index in [1.165, 1.54) is 16.7 Å². The fraction of sp³-hybridized carbons (Fsp3) is 0.250. The van der Waals surface area contributed by atoms with Gasteiger partial charge in [-0.1, -0.05) is 18.2 Å². The Kier molecular flexibility index (Phi) is 4.71. The van der Waals surface area contributed by atoms with E-state index in [0.29, 0.717) is 31.9 Å². The number of furan rings is 1. The van der Waals surface area contributed by atoms with Gasteiger partial charge in [0.25, 0.3) is 16.4 Å². The lowest BCUT2D eigenvalue weighted by Crippen LogP contribution is -2.49. The van der Waals surface area contributed by atoms with Crippen LogP contribution in [-0.4, -0.2) is 51.7 Å². The molecule has 1 N–H and O–H groups in total. The summed E-state index contributed by atoms with van der Waals surface area (Å²) < 4.78 is 6.53. The summed E-state index contributed by atoms with van der Waals surface area (Å²) in [6.07, 6.45) is 0. The van der Waals surface area contributed by atoms with Crippen LogP contribution in [0.1, 0.15) is 16.1 Å². The Morgan fingerprint density at radius 3 is 2.50 bits per heavy atom. The van der Waals surface area contributed by atoms with Crippen molar-refractivity contribution in [1.29, 1.82) is 5.26 Å². The molecule has 1 saturated heterocycles. The molecular weight excluding hydrogens is 390 g/mol. The molecule has 2 aromatic heterocycles. The zero-order valence-electron chi connectivity index (χ0n) is 16.1. The zero-order valence-corrected chi connectivity index (χ0v) is 16.1. The molecule has 3 heterocycles. The first-order valence-electron chi connectivity index (χ1n) is 9.24. The molecule has 10 nitrogen and oxygen atoms in total. The van der Waals surface area contributed by atoms with Crippen LogP contribution in [0.3, 0.4) is 0 Å². The molecule has 0 bridgehead atoms. The van der Waals surface area contributed by atoms with Crippen LogP contribution >= 0.6 is 0 Å². The Labute approximate surface area is 170 Å². The molecule has 1 aliphatic heterocycles. The molecular formula is C20H18N5O5+. The van der Waals surface area contributed by atoms with E-state index in [1.54, 1.807) is 11.9 Å². The van der Waals surface area contributed by atoms with Gasteiger partial charge in [-0.2, -0.15) is 5.26 Å². The largest absolute Gasteiger partial charge is 0.480 e. The number of benzene rings is 1. The molecule has 152 valence electrons. The molecule has 0 unspecified atom stereocenters. The number of nitriles is 1. The monoisotopic (exact) mass is 408 g/mol. The fourth-order valence-electron chi connectivity index (χ4n) is 3.74. The van der Waals surface area contributed by atoms with Gasteiger partial charge in [-0.25, -0.2) is 5.21 Å². The van der Waals surface area contributed by atoms with Crippen molar-refractivity contribution in [3.8, 4) is 6.07 Å². The lowest BCUT2D eigenvalue weighted by atomic mass is 10.1. The topological polar surface area (TPSA) is 123 Å². The van der Waals surface area contributed by atoms with E-state index in [4.69, 9.17) is 9.62 Å². The maximum atomic E-state index is 12.7. The Hall–Kier alpha value is -4.13. The molecule has 0 saturated carbocycles. The molecule has 0 spiro atoms. The number of pyridine rings is 1. The van der Waals surface area contributed by atoms with Crippen molar-refractivity contribution in [2.24, 2.45) is 7.05 Å². The minimum atomic E-state index is -0.445. The summed E-state index contributed by atoms with van der Waals surface area (Å²) in [5.41, 5.74) is 1.01. The SMILES string of the molecule is Cn1c(=O)c(C#N)c(N2CCN(C(=O)c3ccc([N+](=O)O)o3)CC2)c2ccccc21. The number of hydrogen-bond acceptors (Lipinski definition) is 6. The van der Waals surface area contributed by atoms with Crippen LogP contribution in [0.5, 0.6) is 0 Å². The number of carbonyl (C=O) groups is 1. The molecule has 0 aliphatic carbocycles. The third kappa shape index (κ3) is 3.06. The number of hydrogen-bond donors (Lipinski definition) is 1. The number of piperazine rings is 1. The van der Waals surface area contributed by atoms with Gasteiger partial charge in [0.05, 0.1) is 22.2 Å². The number of aromatic nitrogens is 1. The van der Waals surface area contributed by atoms with Crippen LogP contribution in [0, 0.1) is 16.2 Å². The highest BCUT2D eigenvalue weighted by Gasteiger charge is 2.29.